The molecule has 0 spiro atoms. The van der Waals surface area contributed by atoms with Crippen LogP contribution in [0.15, 0.2) is 0 Å². The van der Waals surface area contributed by atoms with Crippen molar-refractivity contribution in [2.24, 2.45) is 5.92 Å². The molecule has 0 aromatic heterocycles. The molecule has 14 heavy (non-hydrogen) atoms. The maximum absolute atomic E-state index is 11.5. The zero-order valence-corrected chi connectivity index (χ0v) is 9.55. The molecule has 1 atom stereocenters. The molecule has 0 radical (unpaired) electrons. The number of rotatable bonds is 5. The van der Waals surface area contributed by atoms with E-state index in [1.807, 2.05) is 4.90 Å². The van der Waals surface area contributed by atoms with Crippen LogP contribution in [0.1, 0.15) is 40.0 Å². The fraction of sp³-hybridized carbons (Fsp3) is 0.909. The Labute approximate surface area is 86.9 Å². The standard InChI is InChI=1S/C11H22N2O/c1-4-10-12-8-11(14)13(10)7-5-6-9(2)3/h9-10,12H,4-8H2,1-3H3. The van der Waals surface area contributed by atoms with Crippen LogP contribution in [0.4, 0.5) is 0 Å². The molecule has 1 amide bonds. The van der Waals surface area contributed by atoms with Crippen LogP contribution in [0.3, 0.4) is 0 Å². The first-order valence-corrected chi connectivity index (χ1v) is 5.68. The minimum atomic E-state index is 0.264. The number of hydrogen-bond donors (Lipinski definition) is 1. The third kappa shape index (κ3) is 2.98. The van der Waals surface area contributed by atoms with Crippen molar-refractivity contribution in [3.63, 3.8) is 0 Å². The predicted molar refractivity (Wildman–Crippen MR) is 57.9 cm³/mol. The SMILES string of the molecule is CCC1NCC(=O)N1CCCC(C)C. The number of nitrogens with one attached hydrogen (secondary N) is 1. The van der Waals surface area contributed by atoms with E-state index in [9.17, 15) is 4.79 Å². The van der Waals surface area contributed by atoms with Crippen molar-refractivity contribution in [2.75, 3.05) is 13.1 Å². The summed E-state index contributed by atoms with van der Waals surface area (Å²) in [7, 11) is 0. The predicted octanol–water partition coefficient (Wildman–Crippen LogP) is 1.59. The van der Waals surface area contributed by atoms with E-state index in [0.717, 1.165) is 25.3 Å². The molecule has 3 nitrogen and oxygen atoms in total. The molecule has 0 aromatic carbocycles. The van der Waals surface area contributed by atoms with Gasteiger partial charge in [0.2, 0.25) is 5.91 Å². The van der Waals surface area contributed by atoms with Crippen LogP contribution in [0.5, 0.6) is 0 Å². The van der Waals surface area contributed by atoms with Gasteiger partial charge in [0.15, 0.2) is 0 Å². The molecule has 1 N–H and O–H groups in total. The Morgan fingerprint density at radius 3 is 2.86 bits per heavy atom. The molecular weight excluding hydrogens is 176 g/mol. The highest BCUT2D eigenvalue weighted by molar-refractivity contribution is 5.80. The van der Waals surface area contributed by atoms with Crippen molar-refractivity contribution >= 4 is 5.91 Å². The number of amides is 1. The van der Waals surface area contributed by atoms with Gasteiger partial charge in [-0.2, -0.15) is 0 Å². The number of nitrogens with zero attached hydrogens (tertiary/aromatic N) is 1. The Morgan fingerprint density at radius 1 is 1.57 bits per heavy atom. The van der Waals surface area contributed by atoms with Crippen LogP contribution in [0.25, 0.3) is 0 Å². The quantitative estimate of drug-likeness (QED) is 0.727. The molecule has 0 aliphatic carbocycles. The lowest BCUT2D eigenvalue weighted by molar-refractivity contribution is -0.128. The highest BCUT2D eigenvalue weighted by Crippen LogP contribution is 2.11. The first-order chi connectivity index (χ1) is 6.65. The Morgan fingerprint density at radius 2 is 2.29 bits per heavy atom. The smallest absolute Gasteiger partial charge is 0.237 e. The van der Waals surface area contributed by atoms with E-state index in [1.165, 1.54) is 6.42 Å². The Kier molecular flexibility index (Phi) is 4.39. The second-order valence-corrected chi connectivity index (χ2v) is 4.43. The van der Waals surface area contributed by atoms with Crippen LogP contribution >= 0.6 is 0 Å². The average Bonchev–Trinajstić information content (AvgIpc) is 2.47. The van der Waals surface area contributed by atoms with E-state index in [2.05, 4.69) is 26.1 Å². The summed E-state index contributed by atoms with van der Waals surface area (Å²) in [6.07, 6.45) is 3.63. The molecule has 0 saturated carbocycles. The summed E-state index contributed by atoms with van der Waals surface area (Å²) in [5, 5.41) is 3.22. The zero-order valence-electron chi connectivity index (χ0n) is 9.55. The second-order valence-electron chi connectivity index (χ2n) is 4.43. The van der Waals surface area contributed by atoms with Gasteiger partial charge < -0.3 is 4.90 Å². The summed E-state index contributed by atoms with van der Waals surface area (Å²) in [6.45, 7) is 8.01. The highest BCUT2D eigenvalue weighted by atomic mass is 16.2. The van der Waals surface area contributed by atoms with Crippen molar-refractivity contribution < 1.29 is 4.79 Å². The maximum Gasteiger partial charge on any atom is 0.237 e. The summed E-state index contributed by atoms with van der Waals surface area (Å²) < 4.78 is 0. The fourth-order valence-electron chi connectivity index (χ4n) is 1.91. The van der Waals surface area contributed by atoms with Crippen molar-refractivity contribution in [2.45, 2.75) is 46.2 Å². The van der Waals surface area contributed by atoms with Gasteiger partial charge in [0.25, 0.3) is 0 Å². The van der Waals surface area contributed by atoms with Crippen LogP contribution in [-0.2, 0) is 4.79 Å². The maximum atomic E-state index is 11.5. The largest absolute Gasteiger partial charge is 0.326 e. The van der Waals surface area contributed by atoms with Crippen LogP contribution < -0.4 is 5.32 Å². The van der Waals surface area contributed by atoms with E-state index < -0.39 is 0 Å². The van der Waals surface area contributed by atoms with Gasteiger partial charge in [-0.05, 0) is 25.2 Å². The average molecular weight is 198 g/mol. The molecule has 0 aromatic rings. The Bertz CT molecular complexity index is 192. The third-order valence-corrected chi connectivity index (χ3v) is 2.75. The van der Waals surface area contributed by atoms with Crippen molar-refractivity contribution in [1.82, 2.24) is 10.2 Å². The van der Waals surface area contributed by atoms with Gasteiger partial charge in [0.1, 0.15) is 0 Å². The lowest BCUT2D eigenvalue weighted by Crippen LogP contribution is -2.37. The second kappa shape index (κ2) is 5.35. The summed E-state index contributed by atoms with van der Waals surface area (Å²) >= 11 is 0. The zero-order chi connectivity index (χ0) is 10.6. The van der Waals surface area contributed by atoms with E-state index in [-0.39, 0.29) is 12.1 Å². The summed E-state index contributed by atoms with van der Waals surface area (Å²) in [5.74, 6) is 1.00. The van der Waals surface area contributed by atoms with E-state index in [0.29, 0.717) is 6.54 Å². The van der Waals surface area contributed by atoms with Crippen LogP contribution in [0.2, 0.25) is 0 Å². The third-order valence-electron chi connectivity index (χ3n) is 2.75. The highest BCUT2D eigenvalue weighted by Gasteiger charge is 2.27. The van der Waals surface area contributed by atoms with Gasteiger partial charge in [-0.1, -0.05) is 20.8 Å². The van der Waals surface area contributed by atoms with Gasteiger partial charge in [-0.3, -0.25) is 10.1 Å². The van der Waals surface area contributed by atoms with E-state index >= 15 is 0 Å². The van der Waals surface area contributed by atoms with E-state index in [1.54, 1.807) is 0 Å². The van der Waals surface area contributed by atoms with Crippen molar-refractivity contribution in [3.8, 4) is 0 Å². The van der Waals surface area contributed by atoms with Crippen LogP contribution in [0, 0.1) is 5.92 Å². The van der Waals surface area contributed by atoms with Gasteiger partial charge in [-0.15, -0.1) is 0 Å². The Balaban J connectivity index is 2.30. The molecular formula is C11H22N2O. The van der Waals surface area contributed by atoms with Crippen LogP contribution in [-0.4, -0.2) is 30.1 Å². The first-order valence-electron chi connectivity index (χ1n) is 5.68. The topological polar surface area (TPSA) is 32.3 Å². The van der Waals surface area contributed by atoms with E-state index in [4.69, 9.17) is 0 Å². The summed E-state index contributed by atoms with van der Waals surface area (Å²) in [5.41, 5.74) is 0. The number of hydrogen-bond acceptors (Lipinski definition) is 2. The molecule has 3 heteroatoms. The first kappa shape index (κ1) is 11.5. The lowest BCUT2D eigenvalue weighted by atomic mass is 10.1. The minimum Gasteiger partial charge on any atom is -0.326 e. The summed E-state index contributed by atoms with van der Waals surface area (Å²) in [4.78, 5) is 13.5. The van der Waals surface area contributed by atoms with Gasteiger partial charge in [0.05, 0.1) is 12.7 Å². The van der Waals surface area contributed by atoms with Crippen molar-refractivity contribution in [3.05, 3.63) is 0 Å². The molecule has 1 fully saturated rings. The molecule has 1 aliphatic rings. The number of carbonyl (C=O) groups excluding carboxylic acids is 1. The molecule has 1 aliphatic heterocycles. The molecule has 1 rings (SSSR count). The lowest BCUT2D eigenvalue weighted by Gasteiger charge is -2.23. The normalized spacial score (nSPS) is 22.4. The van der Waals surface area contributed by atoms with Gasteiger partial charge >= 0.3 is 0 Å². The molecule has 1 unspecified atom stereocenters. The molecule has 0 bridgehead atoms. The fourth-order valence-corrected chi connectivity index (χ4v) is 1.91. The monoisotopic (exact) mass is 198 g/mol. The van der Waals surface area contributed by atoms with Gasteiger partial charge in [-0.25, -0.2) is 0 Å². The molecule has 82 valence electrons. The number of carbonyl (C=O) groups is 1. The molecule has 1 saturated heterocycles. The summed E-state index contributed by atoms with van der Waals surface area (Å²) in [6, 6.07) is 0. The van der Waals surface area contributed by atoms with Gasteiger partial charge in [0, 0.05) is 6.54 Å². The minimum absolute atomic E-state index is 0.264. The Hall–Kier alpha value is -0.570. The molecule has 1 heterocycles. The van der Waals surface area contributed by atoms with Crippen molar-refractivity contribution in [1.29, 1.82) is 0 Å².